The van der Waals surface area contributed by atoms with E-state index >= 15 is 0 Å². The Labute approximate surface area is 147 Å². The van der Waals surface area contributed by atoms with Crippen LogP contribution in [0.25, 0.3) is 0 Å². The molecule has 0 saturated carbocycles. The van der Waals surface area contributed by atoms with E-state index in [4.69, 9.17) is 16.3 Å². The largest absolute Gasteiger partial charge is 0.426 e. The quantitative estimate of drug-likeness (QED) is 0.322. The Morgan fingerprint density at radius 3 is 2.59 bits per heavy atom. The van der Waals surface area contributed by atoms with Gasteiger partial charge in [0, 0.05) is 16.2 Å². The fourth-order valence-corrected chi connectivity index (χ4v) is 2.68. The molecule has 0 unspecified atom stereocenters. The number of ether oxygens (including phenoxy) is 1. The molecule has 114 valence electrons. The van der Waals surface area contributed by atoms with Crippen molar-refractivity contribution in [1.82, 2.24) is 0 Å². The van der Waals surface area contributed by atoms with Gasteiger partial charge in [-0.2, -0.15) is 0 Å². The van der Waals surface area contributed by atoms with Gasteiger partial charge in [0.05, 0.1) is 5.69 Å². The van der Waals surface area contributed by atoms with E-state index < -0.39 is 5.97 Å². The van der Waals surface area contributed by atoms with Crippen LogP contribution in [0.4, 0.5) is 5.69 Å². The number of rotatable bonds is 4. The number of alkyl halides is 1. The van der Waals surface area contributed by atoms with Crippen molar-refractivity contribution in [3.05, 3.63) is 57.7 Å². The number of amides is 1. The van der Waals surface area contributed by atoms with E-state index in [0.29, 0.717) is 11.3 Å². The van der Waals surface area contributed by atoms with Crippen molar-refractivity contribution in [2.24, 2.45) is 0 Å². The average Bonchev–Trinajstić information content (AvgIpc) is 2.54. The van der Waals surface area contributed by atoms with Gasteiger partial charge in [0.15, 0.2) is 0 Å². The van der Waals surface area contributed by atoms with E-state index in [9.17, 15) is 9.59 Å². The molecular formula is C16H13ClINO3. The van der Waals surface area contributed by atoms with Gasteiger partial charge in [-0.15, -0.1) is 11.6 Å². The van der Waals surface area contributed by atoms with Crippen molar-refractivity contribution < 1.29 is 14.3 Å². The average molecular weight is 430 g/mol. The SMILES string of the molecule is CN(C(=O)c1cccc(OC(=O)CCl)c1)c1ccccc1I. The molecule has 2 aromatic carbocycles. The summed E-state index contributed by atoms with van der Waals surface area (Å²) in [6.45, 7) is 0. The van der Waals surface area contributed by atoms with E-state index in [1.807, 2.05) is 24.3 Å². The van der Waals surface area contributed by atoms with E-state index in [1.165, 1.54) is 6.07 Å². The zero-order valence-electron chi connectivity index (χ0n) is 11.8. The Hall–Kier alpha value is -1.60. The number of nitrogens with zero attached hydrogens (tertiary/aromatic N) is 1. The predicted molar refractivity (Wildman–Crippen MR) is 94.7 cm³/mol. The number of esters is 1. The second kappa shape index (κ2) is 7.60. The lowest BCUT2D eigenvalue weighted by Gasteiger charge is -2.19. The van der Waals surface area contributed by atoms with Gasteiger partial charge in [0.25, 0.3) is 5.91 Å². The zero-order valence-corrected chi connectivity index (χ0v) is 14.7. The Bertz CT molecular complexity index is 705. The Morgan fingerprint density at radius 2 is 1.91 bits per heavy atom. The van der Waals surface area contributed by atoms with Gasteiger partial charge in [-0.05, 0) is 52.9 Å². The summed E-state index contributed by atoms with van der Waals surface area (Å²) in [6, 6.07) is 14.1. The molecule has 0 heterocycles. The Balaban J connectivity index is 2.24. The summed E-state index contributed by atoms with van der Waals surface area (Å²) in [5, 5.41) is 0. The van der Waals surface area contributed by atoms with Crippen LogP contribution in [0.15, 0.2) is 48.5 Å². The van der Waals surface area contributed by atoms with Crippen molar-refractivity contribution in [3.8, 4) is 5.75 Å². The highest BCUT2D eigenvalue weighted by Crippen LogP contribution is 2.23. The van der Waals surface area contributed by atoms with Crippen LogP contribution < -0.4 is 9.64 Å². The summed E-state index contributed by atoms with van der Waals surface area (Å²) in [6.07, 6.45) is 0. The van der Waals surface area contributed by atoms with Gasteiger partial charge >= 0.3 is 5.97 Å². The zero-order chi connectivity index (χ0) is 16.1. The minimum atomic E-state index is -0.558. The molecule has 0 aliphatic heterocycles. The number of para-hydroxylation sites is 1. The number of benzene rings is 2. The van der Waals surface area contributed by atoms with Crippen LogP contribution in [0.1, 0.15) is 10.4 Å². The predicted octanol–water partition coefficient (Wildman–Crippen LogP) is 3.71. The first-order valence-electron chi connectivity index (χ1n) is 6.42. The summed E-state index contributed by atoms with van der Waals surface area (Å²) in [4.78, 5) is 25.3. The number of anilines is 1. The lowest BCUT2D eigenvalue weighted by Crippen LogP contribution is -2.27. The Kier molecular flexibility index (Phi) is 5.79. The summed E-state index contributed by atoms with van der Waals surface area (Å²) < 4.78 is 5.99. The highest BCUT2D eigenvalue weighted by molar-refractivity contribution is 14.1. The summed E-state index contributed by atoms with van der Waals surface area (Å²) >= 11 is 7.58. The lowest BCUT2D eigenvalue weighted by molar-refractivity contribution is -0.131. The minimum Gasteiger partial charge on any atom is -0.426 e. The van der Waals surface area contributed by atoms with Crippen LogP contribution in [-0.4, -0.2) is 24.8 Å². The van der Waals surface area contributed by atoms with E-state index in [0.717, 1.165) is 9.26 Å². The van der Waals surface area contributed by atoms with E-state index in [1.54, 1.807) is 30.1 Å². The fourth-order valence-electron chi connectivity index (χ4n) is 1.88. The smallest absolute Gasteiger partial charge is 0.326 e. The number of hydrogen-bond donors (Lipinski definition) is 0. The number of halogens is 2. The molecule has 2 aromatic rings. The van der Waals surface area contributed by atoms with Crippen molar-refractivity contribution in [3.63, 3.8) is 0 Å². The Morgan fingerprint density at radius 1 is 1.18 bits per heavy atom. The third kappa shape index (κ3) is 3.98. The van der Waals surface area contributed by atoms with E-state index in [-0.39, 0.29) is 11.8 Å². The number of carbonyl (C=O) groups excluding carboxylic acids is 2. The molecule has 0 saturated heterocycles. The van der Waals surface area contributed by atoms with Crippen LogP contribution >= 0.6 is 34.2 Å². The second-order valence-corrected chi connectivity index (χ2v) is 5.88. The fraction of sp³-hybridized carbons (Fsp3) is 0.125. The third-order valence-corrected chi connectivity index (χ3v) is 4.07. The molecule has 0 spiro atoms. The summed E-state index contributed by atoms with van der Waals surface area (Å²) in [5.74, 6) is -0.682. The molecule has 0 fully saturated rings. The van der Waals surface area contributed by atoms with Crippen LogP contribution in [0.2, 0.25) is 0 Å². The molecule has 0 bridgehead atoms. The maximum atomic E-state index is 12.6. The molecular weight excluding hydrogens is 417 g/mol. The molecule has 0 radical (unpaired) electrons. The molecule has 0 N–H and O–H groups in total. The lowest BCUT2D eigenvalue weighted by atomic mass is 10.2. The molecule has 6 heteroatoms. The second-order valence-electron chi connectivity index (χ2n) is 4.45. The van der Waals surface area contributed by atoms with Crippen LogP contribution in [0.5, 0.6) is 5.75 Å². The maximum absolute atomic E-state index is 12.6. The van der Waals surface area contributed by atoms with Crippen LogP contribution in [-0.2, 0) is 4.79 Å². The summed E-state index contributed by atoms with van der Waals surface area (Å²) in [7, 11) is 1.71. The third-order valence-electron chi connectivity index (χ3n) is 2.94. The number of hydrogen-bond acceptors (Lipinski definition) is 3. The first kappa shape index (κ1) is 16.8. The van der Waals surface area contributed by atoms with Gasteiger partial charge in [-0.3, -0.25) is 9.59 Å². The van der Waals surface area contributed by atoms with Gasteiger partial charge in [0.2, 0.25) is 0 Å². The van der Waals surface area contributed by atoms with Crippen LogP contribution in [0, 0.1) is 3.57 Å². The standard InChI is InChI=1S/C16H13ClINO3/c1-19(14-8-3-2-7-13(14)18)16(21)11-5-4-6-12(9-11)22-15(20)10-17/h2-9H,10H2,1H3. The highest BCUT2D eigenvalue weighted by Gasteiger charge is 2.16. The van der Waals surface area contributed by atoms with Gasteiger partial charge < -0.3 is 9.64 Å². The first-order valence-corrected chi connectivity index (χ1v) is 8.03. The van der Waals surface area contributed by atoms with Crippen molar-refractivity contribution in [2.45, 2.75) is 0 Å². The molecule has 0 aliphatic carbocycles. The number of carbonyl (C=O) groups is 2. The monoisotopic (exact) mass is 429 g/mol. The summed E-state index contributed by atoms with van der Waals surface area (Å²) in [5.41, 5.74) is 1.25. The van der Waals surface area contributed by atoms with Crippen LogP contribution in [0.3, 0.4) is 0 Å². The van der Waals surface area contributed by atoms with Crippen molar-refractivity contribution >= 4 is 51.8 Å². The van der Waals surface area contributed by atoms with Crippen molar-refractivity contribution in [1.29, 1.82) is 0 Å². The molecule has 2 rings (SSSR count). The molecule has 4 nitrogen and oxygen atoms in total. The minimum absolute atomic E-state index is 0.187. The topological polar surface area (TPSA) is 46.6 Å². The molecule has 0 aliphatic rings. The highest BCUT2D eigenvalue weighted by atomic mass is 127. The maximum Gasteiger partial charge on any atom is 0.326 e. The molecule has 22 heavy (non-hydrogen) atoms. The van der Waals surface area contributed by atoms with Gasteiger partial charge in [-0.25, -0.2) is 0 Å². The normalized spacial score (nSPS) is 10.1. The van der Waals surface area contributed by atoms with Gasteiger partial charge in [-0.1, -0.05) is 18.2 Å². The van der Waals surface area contributed by atoms with Gasteiger partial charge in [0.1, 0.15) is 11.6 Å². The molecule has 0 atom stereocenters. The van der Waals surface area contributed by atoms with Crippen molar-refractivity contribution in [2.75, 3.05) is 17.8 Å². The first-order chi connectivity index (χ1) is 10.5. The molecule has 0 aromatic heterocycles. The molecule has 1 amide bonds. The van der Waals surface area contributed by atoms with E-state index in [2.05, 4.69) is 22.6 Å².